The molecule has 464 valence electrons. The standard InChI is InChI=1S/C39H51N5.C37H49N7/c1-5-9-20-30-24-31(40-21-6-2)25-33(43-30)38-36(28-16-12-10-13-17-28)39(37(38)29-18-14-11-15-19-29)34-26-32(41-22-7-3)27-35(44-34)42-23-8-4;1-5-9-20-30-41-28(24-31(43-30)38-21-6-2)35-33(26-16-12-10-13-17-26)36(34(35)27-18-14-11-15-19-27)29-25-32(39-22-7-3)44-37(42-29)40-23-8-4/h10-19,24-27,36-39H,5-9,20-23H2,1-4H3,(H,40,43)(H2,41,42,44);10-19,24-25,33-36H,5-9,20-23H2,1-4H3,(H,38,41,43)(H2,39,40,42,44)/t36-,37-,38?,39?;33-,34-,35?,36?/m11/s1. The van der Waals surface area contributed by atoms with Crippen LogP contribution in [-0.4, -0.2) is 69.2 Å². The molecule has 2 aliphatic rings. The second-order valence-electron chi connectivity index (χ2n) is 24.2. The molecule has 0 amide bonds. The van der Waals surface area contributed by atoms with Crippen molar-refractivity contribution in [1.82, 2.24) is 29.9 Å². The van der Waals surface area contributed by atoms with Gasteiger partial charge >= 0.3 is 0 Å². The van der Waals surface area contributed by atoms with E-state index in [0.29, 0.717) is 5.95 Å². The highest BCUT2D eigenvalue weighted by Gasteiger charge is 2.56. The average molecular weight is 1180 g/mol. The van der Waals surface area contributed by atoms with Crippen LogP contribution in [0.3, 0.4) is 0 Å². The highest BCUT2D eigenvalue weighted by Crippen LogP contribution is 2.67. The molecular formula is C76H100N12. The SMILES string of the molecule is CCCCc1cc(NCCC)cc(C2[C@@H](c3ccccc3)C(c3cc(NCCC)cc(NCCC)n3)[C@@H]2c2ccccc2)n1.CCCCc1nc(NCCC)cc(C2[C@@H](c3ccccc3)C(c3cc(NCCC)nc(NCCC)n3)[C@@H]2c2ccccc2)n1. The van der Waals surface area contributed by atoms with Crippen LogP contribution in [0.5, 0.6) is 0 Å². The van der Waals surface area contributed by atoms with E-state index in [1.165, 1.54) is 39.3 Å². The van der Waals surface area contributed by atoms with Crippen LogP contribution in [0.25, 0.3) is 0 Å². The molecule has 4 aromatic heterocycles. The number of rotatable bonds is 32. The Morgan fingerprint density at radius 1 is 0.284 bits per heavy atom. The molecule has 6 N–H and O–H groups in total. The maximum atomic E-state index is 5.41. The molecule has 4 heterocycles. The van der Waals surface area contributed by atoms with Gasteiger partial charge in [0.1, 0.15) is 23.3 Å². The molecule has 2 aliphatic carbocycles. The van der Waals surface area contributed by atoms with Crippen LogP contribution in [0.1, 0.15) is 223 Å². The number of benzene rings is 4. The lowest BCUT2D eigenvalue weighted by molar-refractivity contribution is 0.219. The molecule has 2 fully saturated rings. The number of nitrogens with zero attached hydrogens (tertiary/aromatic N) is 6. The third-order valence-electron chi connectivity index (χ3n) is 17.4. The summed E-state index contributed by atoms with van der Waals surface area (Å²) in [4.78, 5) is 31.0. The van der Waals surface area contributed by atoms with E-state index in [1.54, 1.807) is 0 Å². The van der Waals surface area contributed by atoms with Gasteiger partial charge in [0.25, 0.3) is 0 Å². The minimum atomic E-state index is 0.151. The molecule has 0 aliphatic heterocycles. The van der Waals surface area contributed by atoms with Crippen molar-refractivity contribution < 1.29 is 0 Å². The monoisotopic (exact) mass is 1180 g/mol. The zero-order chi connectivity index (χ0) is 61.5. The summed E-state index contributed by atoms with van der Waals surface area (Å²) in [6.45, 7) is 23.1. The summed E-state index contributed by atoms with van der Waals surface area (Å²) in [6, 6.07) is 57.6. The Balaban J connectivity index is 0.000000209. The summed E-state index contributed by atoms with van der Waals surface area (Å²) in [7, 11) is 0. The lowest BCUT2D eigenvalue weighted by atomic mass is 9.50. The lowest BCUT2D eigenvalue weighted by Gasteiger charge is -2.52. The summed E-state index contributed by atoms with van der Waals surface area (Å²) in [5.74, 6) is 6.06. The zero-order valence-electron chi connectivity index (χ0n) is 54.0. The Morgan fingerprint density at radius 2 is 0.636 bits per heavy atom. The molecule has 0 unspecified atom stereocenters. The van der Waals surface area contributed by atoms with Gasteiger partial charge in [-0.05, 0) is 98.2 Å². The topological polar surface area (TPSA) is 150 Å². The number of nitrogens with one attached hydrogen (secondary N) is 6. The molecule has 4 aromatic carbocycles. The van der Waals surface area contributed by atoms with Crippen molar-refractivity contribution in [2.75, 3.05) is 71.2 Å². The molecule has 0 spiro atoms. The number of pyridine rings is 2. The Morgan fingerprint density at radius 3 is 1.07 bits per heavy atom. The highest BCUT2D eigenvalue weighted by atomic mass is 15.1. The van der Waals surface area contributed by atoms with Gasteiger partial charge in [0.05, 0.1) is 11.4 Å². The van der Waals surface area contributed by atoms with Gasteiger partial charge in [-0.1, -0.05) is 190 Å². The first-order valence-corrected chi connectivity index (χ1v) is 33.8. The van der Waals surface area contributed by atoms with Crippen LogP contribution in [0, 0.1) is 0 Å². The van der Waals surface area contributed by atoms with Crippen molar-refractivity contribution >= 4 is 34.8 Å². The van der Waals surface area contributed by atoms with Gasteiger partial charge in [0.2, 0.25) is 5.95 Å². The lowest BCUT2D eigenvalue weighted by Crippen LogP contribution is -2.41. The number of aromatic nitrogens is 6. The molecule has 10 rings (SSSR count). The number of unbranched alkanes of at least 4 members (excludes halogenated alkanes) is 2. The quantitative estimate of drug-likeness (QED) is 0.0238. The molecule has 4 atom stereocenters. The van der Waals surface area contributed by atoms with E-state index in [9.17, 15) is 0 Å². The zero-order valence-corrected chi connectivity index (χ0v) is 54.0. The molecule has 2 saturated carbocycles. The maximum Gasteiger partial charge on any atom is 0.224 e. The number of hydrogen-bond acceptors (Lipinski definition) is 12. The van der Waals surface area contributed by atoms with Crippen molar-refractivity contribution in [2.24, 2.45) is 0 Å². The molecule has 0 bridgehead atoms. The molecule has 0 saturated heterocycles. The summed E-state index contributed by atoms with van der Waals surface area (Å²) >= 11 is 0. The third kappa shape index (κ3) is 16.4. The Bertz CT molecular complexity index is 2760. The van der Waals surface area contributed by atoms with E-state index in [2.05, 4.69) is 245 Å². The van der Waals surface area contributed by atoms with E-state index >= 15 is 0 Å². The van der Waals surface area contributed by atoms with E-state index in [0.717, 1.165) is 162 Å². The van der Waals surface area contributed by atoms with Crippen LogP contribution < -0.4 is 31.9 Å². The van der Waals surface area contributed by atoms with Gasteiger partial charge < -0.3 is 31.9 Å². The minimum absolute atomic E-state index is 0.151. The normalized spacial score (nSPS) is 19.3. The van der Waals surface area contributed by atoms with Crippen LogP contribution in [-0.2, 0) is 12.8 Å². The predicted octanol–water partition coefficient (Wildman–Crippen LogP) is 18.3. The summed E-state index contributed by atoms with van der Waals surface area (Å²) < 4.78 is 0. The van der Waals surface area contributed by atoms with Crippen molar-refractivity contribution in [1.29, 1.82) is 0 Å². The first-order valence-electron chi connectivity index (χ1n) is 33.8. The number of hydrogen-bond donors (Lipinski definition) is 6. The fourth-order valence-electron chi connectivity index (χ4n) is 13.2. The average Bonchev–Trinajstić information content (AvgIpc) is 0.785. The summed E-state index contributed by atoms with van der Waals surface area (Å²) in [6.07, 6.45) is 12.7. The van der Waals surface area contributed by atoms with Crippen molar-refractivity contribution in [3.05, 3.63) is 214 Å². The van der Waals surface area contributed by atoms with Crippen molar-refractivity contribution in [2.45, 2.75) is 180 Å². The predicted molar refractivity (Wildman–Crippen MR) is 370 cm³/mol. The number of anilines is 6. The molecule has 0 radical (unpaired) electrons. The third-order valence-corrected chi connectivity index (χ3v) is 17.4. The van der Waals surface area contributed by atoms with Gasteiger partial charge in [-0.25, -0.2) is 19.9 Å². The Kier molecular flexibility index (Phi) is 24.6. The number of aryl methyl sites for hydroxylation is 2. The van der Waals surface area contributed by atoms with Gasteiger partial charge in [-0.2, -0.15) is 4.98 Å². The van der Waals surface area contributed by atoms with Crippen LogP contribution in [0.15, 0.2) is 158 Å². The fraction of sp³-hybridized carbons (Fsp3) is 0.447. The maximum absolute atomic E-state index is 5.41. The first kappa shape index (κ1) is 64.6. The van der Waals surface area contributed by atoms with E-state index < -0.39 is 0 Å². The van der Waals surface area contributed by atoms with Gasteiger partial charge in [-0.15, -0.1) is 0 Å². The van der Waals surface area contributed by atoms with Gasteiger partial charge in [-0.3, -0.25) is 4.98 Å². The van der Waals surface area contributed by atoms with E-state index in [-0.39, 0.29) is 47.3 Å². The van der Waals surface area contributed by atoms with E-state index in [1.807, 2.05) is 0 Å². The fourth-order valence-corrected chi connectivity index (χ4v) is 13.2. The first-order chi connectivity index (χ1) is 43.3. The van der Waals surface area contributed by atoms with Crippen LogP contribution in [0.2, 0.25) is 0 Å². The van der Waals surface area contributed by atoms with Crippen LogP contribution >= 0.6 is 0 Å². The van der Waals surface area contributed by atoms with E-state index in [4.69, 9.17) is 29.9 Å². The second kappa shape index (κ2) is 33.5. The molecule has 8 aromatic rings. The van der Waals surface area contributed by atoms with Crippen LogP contribution in [0.4, 0.5) is 34.8 Å². The largest absolute Gasteiger partial charge is 0.385 e. The van der Waals surface area contributed by atoms with Crippen molar-refractivity contribution in [3.8, 4) is 0 Å². The summed E-state index contributed by atoms with van der Waals surface area (Å²) in [5, 5.41) is 21.5. The molecular weight excluding hydrogens is 1080 g/mol. The minimum Gasteiger partial charge on any atom is -0.385 e. The van der Waals surface area contributed by atoms with Gasteiger partial charge in [0.15, 0.2) is 0 Å². The highest BCUT2D eigenvalue weighted by molar-refractivity contribution is 5.58. The van der Waals surface area contributed by atoms with Gasteiger partial charge in [0, 0.05) is 140 Å². The Hall–Kier alpha value is -7.86. The molecule has 12 nitrogen and oxygen atoms in total. The summed E-state index contributed by atoms with van der Waals surface area (Å²) in [5.41, 5.74) is 13.4. The second-order valence-corrected chi connectivity index (χ2v) is 24.2. The van der Waals surface area contributed by atoms with Crippen molar-refractivity contribution in [3.63, 3.8) is 0 Å². The molecule has 88 heavy (non-hydrogen) atoms. The molecule has 12 heteroatoms. The Labute approximate surface area is 527 Å². The smallest absolute Gasteiger partial charge is 0.224 e.